The van der Waals surface area contributed by atoms with E-state index in [1.54, 1.807) is 7.05 Å². The van der Waals surface area contributed by atoms with Crippen LogP contribution in [0.5, 0.6) is 0 Å². The molecule has 168 valence electrons. The first-order valence-corrected chi connectivity index (χ1v) is 11.2. The Morgan fingerprint density at radius 2 is 1.77 bits per heavy atom. The van der Waals surface area contributed by atoms with Gasteiger partial charge in [0, 0.05) is 45.7 Å². The van der Waals surface area contributed by atoms with Crippen LogP contribution in [-0.2, 0) is 17.9 Å². The van der Waals surface area contributed by atoms with Gasteiger partial charge in [0.1, 0.15) is 0 Å². The molecule has 1 atom stereocenters. The second kappa shape index (κ2) is 13.1. The lowest BCUT2D eigenvalue weighted by Crippen LogP contribution is -2.41. The lowest BCUT2D eigenvalue weighted by molar-refractivity contribution is -0.129. The smallest absolute Gasteiger partial charge is 0.222 e. The van der Waals surface area contributed by atoms with Gasteiger partial charge in [-0.3, -0.25) is 14.7 Å². The first-order chi connectivity index (χ1) is 14.2. The van der Waals surface area contributed by atoms with Crippen molar-refractivity contribution >= 4 is 35.8 Å². The van der Waals surface area contributed by atoms with Crippen LogP contribution in [0.25, 0.3) is 0 Å². The molecule has 0 spiro atoms. The van der Waals surface area contributed by atoms with E-state index in [0.29, 0.717) is 18.4 Å². The van der Waals surface area contributed by atoms with E-state index in [2.05, 4.69) is 56.6 Å². The van der Waals surface area contributed by atoms with Crippen molar-refractivity contribution in [3.8, 4) is 0 Å². The Bertz CT molecular complexity index is 673. The largest absolute Gasteiger partial charge is 0.356 e. The van der Waals surface area contributed by atoms with E-state index in [-0.39, 0.29) is 24.0 Å². The molecule has 1 aromatic carbocycles. The summed E-state index contributed by atoms with van der Waals surface area (Å²) in [6, 6.07) is 9.23. The first kappa shape index (κ1) is 24.9. The van der Waals surface area contributed by atoms with Crippen LogP contribution in [0, 0.1) is 0 Å². The molecule has 0 bridgehead atoms. The van der Waals surface area contributed by atoms with Crippen molar-refractivity contribution in [2.75, 3.05) is 33.2 Å². The van der Waals surface area contributed by atoms with Gasteiger partial charge in [-0.2, -0.15) is 0 Å². The highest BCUT2D eigenvalue weighted by molar-refractivity contribution is 14.0. The number of rotatable bonds is 9. The summed E-state index contributed by atoms with van der Waals surface area (Å²) >= 11 is 0. The second-order valence-corrected chi connectivity index (χ2v) is 8.19. The highest BCUT2D eigenvalue weighted by Gasteiger charge is 2.26. The molecule has 2 fully saturated rings. The lowest BCUT2D eigenvalue weighted by atomic mass is 10.1. The van der Waals surface area contributed by atoms with Crippen LogP contribution in [0.3, 0.4) is 0 Å². The van der Waals surface area contributed by atoms with Gasteiger partial charge in [-0.15, -0.1) is 24.0 Å². The zero-order valence-electron chi connectivity index (χ0n) is 18.5. The zero-order chi connectivity index (χ0) is 20.5. The topological polar surface area (TPSA) is 60.0 Å². The molecule has 30 heavy (non-hydrogen) atoms. The molecule has 1 amide bonds. The van der Waals surface area contributed by atoms with Gasteiger partial charge < -0.3 is 15.5 Å². The maximum atomic E-state index is 12.0. The minimum Gasteiger partial charge on any atom is -0.356 e. The van der Waals surface area contributed by atoms with Gasteiger partial charge in [-0.1, -0.05) is 31.2 Å². The van der Waals surface area contributed by atoms with Gasteiger partial charge in [0.25, 0.3) is 0 Å². The van der Waals surface area contributed by atoms with Gasteiger partial charge >= 0.3 is 0 Å². The predicted molar refractivity (Wildman–Crippen MR) is 134 cm³/mol. The molecular formula is C23H38IN5O. The third-order valence-corrected chi connectivity index (χ3v) is 6.10. The molecule has 1 aromatic rings. The van der Waals surface area contributed by atoms with Crippen molar-refractivity contribution < 1.29 is 4.79 Å². The van der Waals surface area contributed by atoms with Crippen LogP contribution in [0.15, 0.2) is 29.3 Å². The van der Waals surface area contributed by atoms with Crippen LogP contribution in [0.2, 0.25) is 0 Å². The summed E-state index contributed by atoms with van der Waals surface area (Å²) in [5.41, 5.74) is 2.65. The number of amides is 1. The molecule has 7 heteroatoms. The molecule has 2 heterocycles. The number of guanidine groups is 1. The van der Waals surface area contributed by atoms with Crippen molar-refractivity contribution in [3.05, 3.63) is 35.4 Å². The Morgan fingerprint density at radius 3 is 2.37 bits per heavy atom. The fourth-order valence-electron chi connectivity index (χ4n) is 4.36. The van der Waals surface area contributed by atoms with E-state index >= 15 is 0 Å². The highest BCUT2D eigenvalue weighted by atomic mass is 127. The Labute approximate surface area is 198 Å². The maximum absolute atomic E-state index is 12.0. The van der Waals surface area contributed by atoms with E-state index in [1.807, 2.05) is 0 Å². The van der Waals surface area contributed by atoms with E-state index in [0.717, 1.165) is 51.4 Å². The van der Waals surface area contributed by atoms with Crippen LogP contribution < -0.4 is 10.6 Å². The lowest BCUT2D eigenvalue weighted by Gasteiger charge is -2.27. The Morgan fingerprint density at radius 1 is 1.07 bits per heavy atom. The fraction of sp³-hybridized carbons (Fsp3) is 0.652. The number of carbonyl (C=O) groups is 1. The molecule has 2 N–H and O–H groups in total. The molecular weight excluding hydrogens is 489 g/mol. The Hall–Kier alpha value is -1.35. The number of nitrogens with one attached hydrogen (secondary N) is 2. The summed E-state index contributed by atoms with van der Waals surface area (Å²) in [6.45, 7) is 8.18. The fourth-order valence-corrected chi connectivity index (χ4v) is 4.36. The third-order valence-electron chi connectivity index (χ3n) is 6.10. The van der Waals surface area contributed by atoms with Crippen LogP contribution in [0.1, 0.15) is 56.6 Å². The van der Waals surface area contributed by atoms with Crippen LogP contribution in [-0.4, -0.2) is 60.9 Å². The van der Waals surface area contributed by atoms with Crippen LogP contribution in [0.4, 0.5) is 0 Å². The number of aliphatic imine (C=N–C) groups is 1. The molecule has 2 aliphatic heterocycles. The monoisotopic (exact) mass is 527 g/mol. The van der Waals surface area contributed by atoms with E-state index in [1.165, 1.54) is 37.1 Å². The number of nitrogens with zero attached hydrogens (tertiary/aromatic N) is 3. The Balaban J connectivity index is 0.00000320. The van der Waals surface area contributed by atoms with E-state index < -0.39 is 0 Å². The minimum atomic E-state index is 0. The number of halogens is 1. The van der Waals surface area contributed by atoms with Crippen molar-refractivity contribution in [1.82, 2.24) is 20.4 Å². The second-order valence-electron chi connectivity index (χ2n) is 8.19. The van der Waals surface area contributed by atoms with E-state index in [9.17, 15) is 4.79 Å². The molecule has 0 aliphatic carbocycles. The van der Waals surface area contributed by atoms with Crippen LogP contribution >= 0.6 is 24.0 Å². The molecule has 3 rings (SSSR count). The molecule has 0 radical (unpaired) electrons. The summed E-state index contributed by atoms with van der Waals surface area (Å²) in [4.78, 5) is 20.9. The summed E-state index contributed by atoms with van der Waals surface area (Å²) in [5.74, 6) is 1.13. The summed E-state index contributed by atoms with van der Waals surface area (Å²) in [7, 11) is 1.80. The minimum absolute atomic E-state index is 0. The normalized spacial score (nSPS) is 18.4. The summed E-state index contributed by atoms with van der Waals surface area (Å²) in [6.07, 6.45) is 6.34. The van der Waals surface area contributed by atoms with Crippen molar-refractivity contribution in [2.24, 2.45) is 4.99 Å². The number of hydrogen-bond donors (Lipinski definition) is 2. The van der Waals surface area contributed by atoms with Gasteiger partial charge in [0.15, 0.2) is 5.96 Å². The summed E-state index contributed by atoms with van der Waals surface area (Å²) in [5, 5.41) is 6.79. The van der Waals surface area contributed by atoms with Gasteiger partial charge in [0.2, 0.25) is 5.91 Å². The Kier molecular flexibility index (Phi) is 10.9. The summed E-state index contributed by atoms with van der Waals surface area (Å²) < 4.78 is 0. The third kappa shape index (κ3) is 7.41. The molecule has 2 aliphatic rings. The zero-order valence-corrected chi connectivity index (χ0v) is 20.9. The SMILES string of the molecule is CCC(CCNC(=NC)NCc1ccc(CN2CCCC2)cc1)N1CCCC1=O.I. The molecule has 6 nitrogen and oxygen atoms in total. The number of carbonyl (C=O) groups excluding carboxylic acids is 1. The van der Waals surface area contributed by atoms with Gasteiger partial charge in [0.05, 0.1) is 0 Å². The highest BCUT2D eigenvalue weighted by Crippen LogP contribution is 2.17. The molecule has 1 unspecified atom stereocenters. The predicted octanol–water partition coefficient (Wildman–Crippen LogP) is 3.36. The number of benzene rings is 1. The molecule has 2 saturated heterocycles. The average molecular weight is 527 g/mol. The molecule has 0 aromatic heterocycles. The first-order valence-electron chi connectivity index (χ1n) is 11.2. The van der Waals surface area contributed by atoms with Crippen molar-refractivity contribution in [2.45, 2.75) is 64.6 Å². The molecule has 0 saturated carbocycles. The maximum Gasteiger partial charge on any atom is 0.222 e. The van der Waals surface area contributed by atoms with Crippen molar-refractivity contribution in [1.29, 1.82) is 0 Å². The number of hydrogen-bond acceptors (Lipinski definition) is 3. The standard InChI is InChI=1S/C23H37N5O.HI/c1-3-21(28-16-6-7-22(28)29)12-13-25-23(24-2)26-17-19-8-10-20(11-9-19)18-27-14-4-5-15-27;/h8-11,21H,3-7,12-18H2,1-2H3,(H2,24,25,26);1H. The average Bonchev–Trinajstić information content (AvgIpc) is 3.40. The quantitative estimate of drug-likeness (QED) is 0.294. The van der Waals surface area contributed by atoms with Crippen molar-refractivity contribution in [3.63, 3.8) is 0 Å². The van der Waals surface area contributed by atoms with Gasteiger partial charge in [-0.05, 0) is 56.3 Å². The van der Waals surface area contributed by atoms with E-state index in [4.69, 9.17) is 0 Å². The van der Waals surface area contributed by atoms with Gasteiger partial charge in [-0.25, -0.2) is 0 Å². The number of likely N-dealkylation sites (tertiary alicyclic amines) is 2.